The second-order valence-electron chi connectivity index (χ2n) is 6.42. The summed E-state index contributed by atoms with van der Waals surface area (Å²) in [7, 11) is 1.36. The number of methoxy groups -OCH3 is 1. The van der Waals surface area contributed by atoms with E-state index >= 15 is 0 Å². The van der Waals surface area contributed by atoms with Crippen LogP contribution in [-0.2, 0) is 25.7 Å². The number of nitrogens with zero attached hydrogens (tertiary/aromatic N) is 2. The van der Waals surface area contributed by atoms with E-state index in [4.69, 9.17) is 9.47 Å². The van der Waals surface area contributed by atoms with Crippen LogP contribution in [0.2, 0.25) is 0 Å². The lowest BCUT2D eigenvalue weighted by molar-refractivity contribution is -0.153. The summed E-state index contributed by atoms with van der Waals surface area (Å²) in [6.07, 6.45) is 0.856. The Labute approximate surface area is 146 Å². The van der Waals surface area contributed by atoms with E-state index in [1.54, 1.807) is 4.90 Å². The first kappa shape index (κ1) is 17.3. The van der Waals surface area contributed by atoms with Crippen molar-refractivity contribution in [2.45, 2.75) is 25.5 Å². The Bertz CT molecular complexity index is 648. The maximum absolute atomic E-state index is 12.4. The third-order valence-electron chi connectivity index (χ3n) is 4.78. The number of hydrogen-bond donors (Lipinski definition) is 0. The molecule has 7 heteroatoms. The highest BCUT2D eigenvalue weighted by Gasteiger charge is 2.41. The summed E-state index contributed by atoms with van der Waals surface area (Å²) in [6.45, 7) is 0.970. The van der Waals surface area contributed by atoms with Gasteiger partial charge in [0.1, 0.15) is 13.2 Å². The van der Waals surface area contributed by atoms with Crippen LogP contribution in [0.4, 0.5) is 4.79 Å². The molecular weight excluding hydrogens is 324 g/mol. The molecular formula is C18H22N2O5. The second kappa shape index (κ2) is 7.55. The van der Waals surface area contributed by atoms with Crippen molar-refractivity contribution in [1.82, 2.24) is 9.80 Å². The average Bonchev–Trinajstić information content (AvgIpc) is 2.66. The van der Waals surface area contributed by atoms with Gasteiger partial charge in [0, 0.05) is 19.1 Å². The van der Waals surface area contributed by atoms with Crippen LogP contribution in [0.3, 0.4) is 0 Å². The standard InChI is InChI=1S/C18H22N2O5/c1-24-17(22)14-7-8-15-10-19(11-16(21)20(15)9-14)18(23)25-12-13-5-3-2-4-6-13/h2-6,14-15H,7-12H2,1H3/t14-,15+/m0/s1. The fourth-order valence-electron chi connectivity index (χ4n) is 3.40. The number of hydrogen-bond acceptors (Lipinski definition) is 5. The molecule has 2 fully saturated rings. The van der Waals surface area contributed by atoms with E-state index in [-0.39, 0.29) is 37.0 Å². The van der Waals surface area contributed by atoms with Gasteiger partial charge in [-0.3, -0.25) is 14.5 Å². The summed E-state index contributed by atoms with van der Waals surface area (Å²) >= 11 is 0. The predicted octanol–water partition coefficient (Wildman–Crippen LogP) is 1.42. The van der Waals surface area contributed by atoms with Gasteiger partial charge in [0.05, 0.1) is 13.0 Å². The number of fused-ring (bicyclic) bond motifs is 1. The SMILES string of the molecule is COC(=O)[C@H]1CC[C@@H]2CN(C(=O)OCc3ccccc3)CC(=O)N2C1. The van der Waals surface area contributed by atoms with Crippen LogP contribution in [0.25, 0.3) is 0 Å². The van der Waals surface area contributed by atoms with Gasteiger partial charge in [0.25, 0.3) is 0 Å². The molecule has 2 amide bonds. The maximum Gasteiger partial charge on any atom is 0.410 e. The Balaban J connectivity index is 1.56. The monoisotopic (exact) mass is 346 g/mol. The number of piperidine rings is 1. The summed E-state index contributed by atoms with van der Waals surface area (Å²) in [5.74, 6) is -0.709. The summed E-state index contributed by atoms with van der Waals surface area (Å²) in [4.78, 5) is 39.5. The topological polar surface area (TPSA) is 76.1 Å². The first-order chi connectivity index (χ1) is 12.1. The maximum atomic E-state index is 12.4. The van der Waals surface area contributed by atoms with Gasteiger partial charge in [0.2, 0.25) is 5.91 Å². The number of carbonyl (C=O) groups excluding carboxylic acids is 3. The van der Waals surface area contributed by atoms with Crippen LogP contribution < -0.4 is 0 Å². The lowest BCUT2D eigenvalue weighted by Gasteiger charge is -2.44. The summed E-state index contributed by atoms with van der Waals surface area (Å²) in [5.41, 5.74) is 0.902. The minimum absolute atomic E-state index is 0.0159. The molecule has 2 aliphatic rings. The first-order valence-corrected chi connectivity index (χ1v) is 8.41. The molecule has 0 radical (unpaired) electrons. The van der Waals surface area contributed by atoms with E-state index in [0.717, 1.165) is 5.56 Å². The molecule has 2 aliphatic heterocycles. The van der Waals surface area contributed by atoms with Crippen molar-refractivity contribution in [3.8, 4) is 0 Å². The van der Waals surface area contributed by atoms with Crippen LogP contribution in [0.15, 0.2) is 30.3 Å². The van der Waals surface area contributed by atoms with Crippen molar-refractivity contribution in [3.05, 3.63) is 35.9 Å². The van der Waals surface area contributed by atoms with Crippen LogP contribution in [0.5, 0.6) is 0 Å². The molecule has 0 bridgehead atoms. The van der Waals surface area contributed by atoms with E-state index in [1.807, 2.05) is 30.3 Å². The molecule has 0 aliphatic carbocycles. The molecule has 0 N–H and O–H groups in total. The Morgan fingerprint density at radius 1 is 1.16 bits per heavy atom. The van der Waals surface area contributed by atoms with E-state index in [2.05, 4.69) is 0 Å². The number of carbonyl (C=O) groups is 3. The highest BCUT2D eigenvalue weighted by Crippen LogP contribution is 2.26. The van der Waals surface area contributed by atoms with Crippen molar-refractivity contribution in [2.75, 3.05) is 26.7 Å². The van der Waals surface area contributed by atoms with Crippen LogP contribution in [0, 0.1) is 5.92 Å². The largest absolute Gasteiger partial charge is 0.469 e. The Hall–Kier alpha value is -2.57. The van der Waals surface area contributed by atoms with Crippen LogP contribution in [-0.4, -0.2) is 60.6 Å². The van der Waals surface area contributed by atoms with Gasteiger partial charge in [-0.15, -0.1) is 0 Å². The molecule has 0 aromatic heterocycles. The zero-order valence-electron chi connectivity index (χ0n) is 14.2. The number of benzene rings is 1. The van der Waals surface area contributed by atoms with Gasteiger partial charge in [-0.25, -0.2) is 4.79 Å². The first-order valence-electron chi connectivity index (χ1n) is 8.41. The smallest absolute Gasteiger partial charge is 0.410 e. The molecule has 2 heterocycles. The molecule has 25 heavy (non-hydrogen) atoms. The zero-order chi connectivity index (χ0) is 17.8. The molecule has 2 atom stereocenters. The predicted molar refractivity (Wildman–Crippen MR) is 88.4 cm³/mol. The van der Waals surface area contributed by atoms with Gasteiger partial charge in [-0.1, -0.05) is 30.3 Å². The Morgan fingerprint density at radius 3 is 2.64 bits per heavy atom. The third kappa shape index (κ3) is 3.92. The number of piperazine rings is 1. The number of amides is 2. The number of esters is 1. The third-order valence-corrected chi connectivity index (χ3v) is 4.78. The van der Waals surface area contributed by atoms with Gasteiger partial charge < -0.3 is 14.4 Å². The van der Waals surface area contributed by atoms with E-state index in [0.29, 0.717) is 25.9 Å². The zero-order valence-corrected chi connectivity index (χ0v) is 14.2. The number of ether oxygens (including phenoxy) is 2. The quantitative estimate of drug-likeness (QED) is 0.774. The minimum atomic E-state index is -0.480. The molecule has 1 aromatic carbocycles. The molecule has 0 unspecified atom stereocenters. The highest BCUT2D eigenvalue weighted by atomic mass is 16.6. The normalized spacial score (nSPS) is 23.0. The fraction of sp³-hybridized carbons (Fsp3) is 0.500. The van der Waals surface area contributed by atoms with Crippen molar-refractivity contribution >= 4 is 18.0 Å². The van der Waals surface area contributed by atoms with Crippen LogP contribution >= 0.6 is 0 Å². The average molecular weight is 346 g/mol. The minimum Gasteiger partial charge on any atom is -0.469 e. The highest BCUT2D eigenvalue weighted by molar-refractivity contribution is 5.85. The summed E-state index contributed by atoms with van der Waals surface area (Å²) < 4.78 is 10.1. The lowest BCUT2D eigenvalue weighted by Crippen LogP contribution is -2.61. The summed E-state index contributed by atoms with van der Waals surface area (Å²) in [6, 6.07) is 9.35. The van der Waals surface area contributed by atoms with Crippen molar-refractivity contribution in [3.63, 3.8) is 0 Å². The fourth-order valence-corrected chi connectivity index (χ4v) is 3.40. The van der Waals surface area contributed by atoms with Gasteiger partial charge in [-0.05, 0) is 18.4 Å². The molecule has 3 rings (SSSR count). The van der Waals surface area contributed by atoms with E-state index < -0.39 is 6.09 Å². The van der Waals surface area contributed by atoms with Gasteiger partial charge in [0.15, 0.2) is 0 Å². The molecule has 0 saturated carbocycles. The Morgan fingerprint density at radius 2 is 1.92 bits per heavy atom. The Kier molecular flexibility index (Phi) is 5.21. The van der Waals surface area contributed by atoms with Crippen LogP contribution in [0.1, 0.15) is 18.4 Å². The van der Waals surface area contributed by atoms with E-state index in [9.17, 15) is 14.4 Å². The van der Waals surface area contributed by atoms with Crippen molar-refractivity contribution in [2.24, 2.45) is 5.92 Å². The molecule has 134 valence electrons. The van der Waals surface area contributed by atoms with Crippen molar-refractivity contribution in [1.29, 1.82) is 0 Å². The number of rotatable bonds is 3. The summed E-state index contributed by atoms with van der Waals surface area (Å²) in [5, 5.41) is 0. The molecule has 1 aromatic rings. The molecule has 0 spiro atoms. The molecule has 2 saturated heterocycles. The van der Waals surface area contributed by atoms with Gasteiger partial charge in [-0.2, -0.15) is 0 Å². The van der Waals surface area contributed by atoms with Gasteiger partial charge >= 0.3 is 12.1 Å². The van der Waals surface area contributed by atoms with E-state index in [1.165, 1.54) is 12.0 Å². The second-order valence-corrected chi connectivity index (χ2v) is 6.42. The molecule has 7 nitrogen and oxygen atoms in total. The lowest BCUT2D eigenvalue weighted by atomic mass is 9.91. The van der Waals surface area contributed by atoms with Crippen molar-refractivity contribution < 1.29 is 23.9 Å².